The van der Waals surface area contributed by atoms with E-state index in [2.05, 4.69) is 36.6 Å². The Morgan fingerprint density at radius 1 is 1.35 bits per heavy atom. The predicted octanol–water partition coefficient (Wildman–Crippen LogP) is 1.83. The van der Waals surface area contributed by atoms with E-state index in [0.717, 1.165) is 31.8 Å². The van der Waals surface area contributed by atoms with E-state index in [1.807, 2.05) is 6.92 Å². The predicted molar refractivity (Wildman–Crippen MR) is 98.8 cm³/mol. The van der Waals surface area contributed by atoms with Crippen LogP contribution in [-0.4, -0.2) is 62.3 Å². The van der Waals surface area contributed by atoms with Gasteiger partial charge >= 0.3 is 0 Å². The minimum absolute atomic E-state index is 0. The Kier molecular flexibility index (Phi) is 10.0. The van der Waals surface area contributed by atoms with E-state index in [4.69, 9.17) is 4.74 Å². The molecule has 138 valence electrons. The number of ether oxygens (including phenoxy) is 1. The first kappa shape index (κ1) is 22.9. The van der Waals surface area contributed by atoms with Crippen LogP contribution in [0.4, 0.5) is 0 Å². The molecule has 7 heteroatoms. The largest absolute Gasteiger partial charge is 0.375 e. The van der Waals surface area contributed by atoms with E-state index in [0.29, 0.717) is 6.61 Å². The first-order chi connectivity index (χ1) is 9.94. The number of morpholine rings is 1. The number of hydrogen-bond donors (Lipinski definition) is 2. The number of halogens is 2. The zero-order valence-electron chi connectivity index (χ0n) is 14.8. The molecule has 2 aliphatic rings. The molecule has 2 N–H and O–H groups in total. The smallest absolute Gasteiger partial charge is 0.239 e. The topological polar surface area (TPSA) is 53.6 Å². The second-order valence-electron chi connectivity index (χ2n) is 7.05. The number of nitrogens with one attached hydrogen (secondary N) is 2. The number of amides is 1. The molecule has 1 saturated carbocycles. The Morgan fingerprint density at radius 3 is 2.61 bits per heavy atom. The third-order valence-corrected chi connectivity index (χ3v) is 5.21. The third-order valence-electron chi connectivity index (χ3n) is 5.21. The van der Waals surface area contributed by atoms with Crippen molar-refractivity contribution in [3.05, 3.63) is 0 Å². The molecule has 0 aromatic heterocycles. The van der Waals surface area contributed by atoms with E-state index >= 15 is 0 Å². The molecule has 0 bridgehead atoms. The molecule has 2 unspecified atom stereocenters. The summed E-state index contributed by atoms with van der Waals surface area (Å²) in [6.45, 7) is 6.44. The highest BCUT2D eigenvalue weighted by molar-refractivity contribution is 5.85. The molecular weight excluding hydrogens is 337 g/mol. The lowest BCUT2D eigenvalue weighted by molar-refractivity contribution is -0.129. The summed E-state index contributed by atoms with van der Waals surface area (Å²) in [7, 11) is 4.27. The normalized spacial score (nSPS) is 34.2. The molecule has 2 rings (SSSR count). The van der Waals surface area contributed by atoms with Crippen LogP contribution < -0.4 is 10.6 Å². The van der Waals surface area contributed by atoms with Gasteiger partial charge in [0.25, 0.3) is 0 Å². The molecule has 4 atom stereocenters. The summed E-state index contributed by atoms with van der Waals surface area (Å²) in [5.41, 5.74) is 0.103. The summed E-state index contributed by atoms with van der Waals surface area (Å²) in [5, 5.41) is 6.43. The summed E-state index contributed by atoms with van der Waals surface area (Å²) in [6, 6.07) is -0.223. The van der Waals surface area contributed by atoms with Crippen molar-refractivity contribution in [1.82, 2.24) is 15.5 Å². The average molecular weight is 370 g/mol. The quantitative estimate of drug-likeness (QED) is 0.793. The van der Waals surface area contributed by atoms with Crippen molar-refractivity contribution in [2.24, 2.45) is 5.92 Å². The SMILES string of the molecule is CC1CCCC(CNC(=O)[C@H]2NCCO[C@@H]2C)(N(C)C)C1.Cl.Cl. The van der Waals surface area contributed by atoms with Gasteiger partial charge in [0.1, 0.15) is 6.04 Å². The maximum Gasteiger partial charge on any atom is 0.239 e. The average Bonchev–Trinajstić information content (AvgIpc) is 2.45. The highest BCUT2D eigenvalue weighted by Gasteiger charge is 2.38. The number of likely N-dealkylation sites (N-methyl/N-ethyl adjacent to an activating group) is 1. The van der Waals surface area contributed by atoms with Gasteiger partial charge in [-0.25, -0.2) is 0 Å². The molecule has 1 aliphatic heterocycles. The van der Waals surface area contributed by atoms with Crippen LogP contribution in [0, 0.1) is 5.92 Å². The Morgan fingerprint density at radius 2 is 2.04 bits per heavy atom. The molecule has 0 aromatic carbocycles. The minimum Gasteiger partial charge on any atom is -0.375 e. The van der Waals surface area contributed by atoms with E-state index in [1.54, 1.807) is 0 Å². The zero-order chi connectivity index (χ0) is 15.5. The summed E-state index contributed by atoms with van der Waals surface area (Å²) in [4.78, 5) is 14.7. The lowest BCUT2D eigenvalue weighted by atomic mass is 9.75. The van der Waals surface area contributed by atoms with E-state index in [1.165, 1.54) is 12.8 Å². The minimum atomic E-state index is -0.223. The van der Waals surface area contributed by atoms with Crippen LogP contribution in [-0.2, 0) is 9.53 Å². The Bertz CT molecular complexity index is 371. The van der Waals surface area contributed by atoms with Gasteiger partial charge in [-0.3, -0.25) is 4.79 Å². The van der Waals surface area contributed by atoms with Crippen molar-refractivity contribution in [1.29, 1.82) is 0 Å². The van der Waals surface area contributed by atoms with E-state index in [-0.39, 0.29) is 48.4 Å². The molecule has 23 heavy (non-hydrogen) atoms. The van der Waals surface area contributed by atoms with Crippen LogP contribution in [0.3, 0.4) is 0 Å². The number of nitrogens with zero attached hydrogens (tertiary/aromatic N) is 1. The van der Waals surface area contributed by atoms with Gasteiger partial charge in [-0.05, 0) is 39.8 Å². The van der Waals surface area contributed by atoms with Gasteiger partial charge in [-0.1, -0.05) is 19.8 Å². The lowest BCUT2D eigenvalue weighted by Gasteiger charge is -2.45. The molecule has 5 nitrogen and oxygen atoms in total. The number of carbonyl (C=O) groups is 1. The maximum absolute atomic E-state index is 12.4. The molecule has 2 fully saturated rings. The number of rotatable bonds is 4. The fourth-order valence-electron chi connectivity index (χ4n) is 3.75. The van der Waals surface area contributed by atoms with Crippen LogP contribution >= 0.6 is 24.8 Å². The lowest BCUT2D eigenvalue weighted by Crippen LogP contribution is -2.60. The van der Waals surface area contributed by atoms with Crippen LogP contribution in [0.15, 0.2) is 0 Å². The molecular formula is C16H33Cl2N3O2. The second-order valence-corrected chi connectivity index (χ2v) is 7.05. The van der Waals surface area contributed by atoms with Crippen molar-refractivity contribution in [2.45, 2.75) is 57.2 Å². The highest BCUT2D eigenvalue weighted by Crippen LogP contribution is 2.35. The van der Waals surface area contributed by atoms with Crippen molar-refractivity contribution < 1.29 is 9.53 Å². The maximum atomic E-state index is 12.4. The second kappa shape index (κ2) is 10.0. The molecule has 1 aliphatic carbocycles. The van der Waals surface area contributed by atoms with E-state index in [9.17, 15) is 4.79 Å². The van der Waals surface area contributed by atoms with E-state index < -0.39 is 0 Å². The van der Waals surface area contributed by atoms with Crippen molar-refractivity contribution in [2.75, 3.05) is 33.8 Å². The van der Waals surface area contributed by atoms with Gasteiger partial charge in [-0.15, -0.1) is 24.8 Å². The van der Waals surface area contributed by atoms with Crippen molar-refractivity contribution >= 4 is 30.7 Å². The summed E-state index contributed by atoms with van der Waals surface area (Å²) in [6.07, 6.45) is 4.81. The van der Waals surface area contributed by atoms with Crippen LogP contribution in [0.25, 0.3) is 0 Å². The van der Waals surface area contributed by atoms with Gasteiger partial charge in [-0.2, -0.15) is 0 Å². The fourth-order valence-corrected chi connectivity index (χ4v) is 3.75. The number of carbonyl (C=O) groups excluding carboxylic acids is 1. The number of hydrogen-bond acceptors (Lipinski definition) is 4. The van der Waals surface area contributed by atoms with Crippen molar-refractivity contribution in [3.8, 4) is 0 Å². The van der Waals surface area contributed by atoms with Crippen LogP contribution in [0.5, 0.6) is 0 Å². The molecule has 0 spiro atoms. The first-order valence-electron chi connectivity index (χ1n) is 8.25. The molecule has 0 aromatic rings. The van der Waals surface area contributed by atoms with Gasteiger partial charge < -0.3 is 20.3 Å². The zero-order valence-corrected chi connectivity index (χ0v) is 16.4. The molecule has 0 radical (unpaired) electrons. The summed E-state index contributed by atoms with van der Waals surface area (Å²) >= 11 is 0. The van der Waals surface area contributed by atoms with Gasteiger partial charge in [0.05, 0.1) is 12.7 Å². The Hall–Kier alpha value is -0.0700. The standard InChI is InChI=1S/C16H31N3O2.2ClH/c1-12-6-5-7-16(10-12,19(3)4)11-18-15(20)14-13(2)21-9-8-17-14;;/h12-14,17H,5-11H2,1-4H3,(H,18,20);2*1H/t12?,13-,14+,16?;;/m1../s1. The Labute approximate surface area is 153 Å². The van der Waals surface area contributed by atoms with Gasteiger partial charge in [0.2, 0.25) is 5.91 Å². The van der Waals surface area contributed by atoms with Crippen molar-refractivity contribution in [3.63, 3.8) is 0 Å². The molecule has 1 heterocycles. The Balaban J connectivity index is 0.00000242. The molecule has 1 amide bonds. The van der Waals surface area contributed by atoms with Crippen LogP contribution in [0.1, 0.15) is 39.5 Å². The third kappa shape index (κ3) is 5.75. The monoisotopic (exact) mass is 369 g/mol. The first-order valence-corrected chi connectivity index (χ1v) is 8.25. The fraction of sp³-hybridized carbons (Fsp3) is 0.938. The summed E-state index contributed by atoms with van der Waals surface area (Å²) in [5.74, 6) is 0.801. The highest BCUT2D eigenvalue weighted by atomic mass is 35.5. The van der Waals surface area contributed by atoms with Gasteiger partial charge in [0.15, 0.2) is 0 Å². The summed E-state index contributed by atoms with van der Waals surface area (Å²) < 4.78 is 5.56. The van der Waals surface area contributed by atoms with Gasteiger partial charge in [0, 0.05) is 18.6 Å². The van der Waals surface area contributed by atoms with Crippen LogP contribution in [0.2, 0.25) is 0 Å². The molecule has 1 saturated heterocycles.